The first-order valence-corrected chi connectivity index (χ1v) is 6.17. The van der Waals surface area contributed by atoms with Gasteiger partial charge < -0.3 is 14.2 Å². The predicted molar refractivity (Wildman–Crippen MR) is 64.1 cm³/mol. The Kier molecular flexibility index (Phi) is 9.40. The maximum Gasteiger partial charge on any atom is 0.345 e. The first kappa shape index (κ1) is 19.2. The van der Waals surface area contributed by atoms with Crippen LogP contribution in [0, 0.1) is 0 Å². The molecule has 1 amide bonds. The van der Waals surface area contributed by atoms with Crippen LogP contribution in [0.15, 0.2) is 0 Å². The second kappa shape index (κ2) is 8.84. The largest absolute Gasteiger partial charge is 0.726 e. The Bertz CT molecular complexity index is 384. The summed E-state index contributed by atoms with van der Waals surface area (Å²) in [5.41, 5.74) is 0. The molecule has 9 heteroatoms. The van der Waals surface area contributed by atoms with E-state index in [0.717, 1.165) is 7.11 Å². The fourth-order valence-corrected chi connectivity index (χ4v) is 0.700. The molecular weight excluding hydrogens is 264 g/mol. The van der Waals surface area contributed by atoms with Crippen LogP contribution >= 0.6 is 0 Å². The molecule has 0 atom stereocenters. The van der Waals surface area contributed by atoms with E-state index in [9.17, 15) is 17.8 Å². The van der Waals surface area contributed by atoms with E-state index in [-0.39, 0.29) is 5.91 Å². The van der Waals surface area contributed by atoms with Crippen LogP contribution in [-0.4, -0.2) is 76.7 Å². The Morgan fingerprint density at radius 3 is 1.83 bits per heavy atom. The normalized spacial score (nSPS) is 9.94. The predicted octanol–water partition coefficient (Wildman–Crippen LogP) is -1.13. The topological polar surface area (TPSA) is 99.0 Å². The summed E-state index contributed by atoms with van der Waals surface area (Å²) in [4.78, 5) is 12.8. The van der Waals surface area contributed by atoms with Gasteiger partial charge in [0.2, 0.25) is 16.3 Å². The minimum Gasteiger partial charge on any atom is -0.726 e. The minimum absolute atomic E-state index is 0.0422. The number of carbonyl (C=O) groups excluding carboxylic acids is 1. The fraction of sp³-hybridized carbons (Fsp3) is 0.778. The highest BCUT2D eigenvalue weighted by molar-refractivity contribution is 7.80. The number of rotatable bonds is 3. The maximum atomic E-state index is 11.2. The van der Waals surface area contributed by atoms with Gasteiger partial charge in [-0.05, 0) is 0 Å². The Morgan fingerprint density at radius 2 is 1.67 bits per heavy atom. The number of amides is 1. The fourth-order valence-electron chi connectivity index (χ4n) is 0.700. The van der Waals surface area contributed by atoms with Gasteiger partial charge in [0, 0.05) is 14.1 Å². The van der Waals surface area contributed by atoms with Crippen LogP contribution in [0.1, 0.15) is 6.42 Å². The van der Waals surface area contributed by atoms with Crippen LogP contribution < -0.4 is 0 Å². The lowest BCUT2D eigenvalue weighted by molar-refractivity contribution is -0.475. The summed E-state index contributed by atoms with van der Waals surface area (Å²) in [5.74, 6) is 0.717. The molecule has 0 aliphatic carbocycles. The van der Waals surface area contributed by atoms with E-state index in [2.05, 4.69) is 4.18 Å². The first-order valence-electron chi connectivity index (χ1n) is 4.83. The van der Waals surface area contributed by atoms with Crippen LogP contribution in [0.25, 0.3) is 0 Å². The zero-order chi connectivity index (χ0) is 14.9. The van der Waals surface area contributed by atoms with Crippen molar-refractivity contribution >= 4 is 22.2 Å². The third kappa shape index (κ3) is 11.3. The Hall–Kier alpha value is -1.19. The number of hydrogen-bond acceptors (Lipinski definition) is 6. The molecule has 0 unspecified atom stereocenters. The number of carbonyl (C=O) groups is 1. The molecule has 0 radical (unpaired) electrons. The quantitative estimate of drug-likeness (QED) is 0.214. The van der Waals surface area contributed by atoms with Gasteiger partial charge in [0.25, 0.3) is 0 Å². The van der Waals surface area contributed by atoms with Crippen molar-refractivity contribution in [2.45, 2.75) is 6.42 Å². The summed E-state index contributed by atoms with van der Waals surface area (Å²) in [6.45, 7) is 0. The summed E-state index contributed by atoms with van der Waals surface area (Å²) in [7, 11) is 5.12. The van der Waals surface area contributed by atoms with Gasteiger partial charge in [-0.2, -0.15) is 0 Å². The van der Waals surface area contributed by atoms with E-state index in [0.29, 0.717) is 12.3 Å². The molecule has 0 N–H and O–H groups in total. The molecule has 108 valence electrons. The minimum atomic E-state index is -4.41. The van der Waals surface area contributed by atoms with Gasteiger partial charge in [-0.1, -0.05) is 0 Å². The van der Waals surface area contributed by atoms with Crippen molar-refractivity contribution in [3.8, 4) is 0 Å². The molecule has 0 saturated heterocycles. The van der Waals surface area contributed by atoms with Crippen LogP contribution in [0.4, 0.5) is 0 Å². The van der Waals surface area contributed by atoms with E-state index in [1.165, 1.54) is 0 Å². The van der Waals surface area contributed by atoms with E-state index in [1.54, 1.807) is 30.7 Å². The highest BCUT2D eigenvalue weighted by atomic mass is 32.3. The van der Waals surface area contributed by atoms with Crippen molar-refractivity contribution in [2.24, 2.45) is 0 Å². The number of ether oxygens (including phenoxy) is 1. The summed E-state index contributed by atoms with van der Waals surface area (Å²) >= 11 is 0. The number of hydrogen-bond donors (Lipinski definition) is 0. The van der Waals surface area contributed by atoms with E-state index < -0.39 is 10.4 Å². The van der Waals surface area contributed by atoms with Crippen molar-refractivity contribution in [3.63, 3.8) is 0 Å². The second-order valence-electron chi connectivity index (χ2n) is 3.53. The maximum absolute atomic E-state index is 11.2. The Labute approximate surface area is 108 Å². The SMILES string of the molecule is COC(CC(=O)N(C)C)=[N+](C)C.COS(=O)(=O)[O-]. The van der Waals surface area contributed by atoms with Crippen LogP contribution in [0.3, 0.4) is 0 Å². The molecule has 0 heterocycles. The lowest BCUT2D eigenvalue weighted by atomic mass is 10.4. The highest BCUT2D eigenvalue weighted by Gasteiger charge is 2.15. The van der Waals surface area contributed by atoms with Crippen LogP contribution in [0.2, 0.25) is 0 Å². The van der Waals surface area contributed by atoms with E-state index >= 15 is 0 Å². The molecule has 0 aromatic carbocycles. The Balaban J connectivity index is 0. The number of nitrogens with zero attached hydrogens (tertiary/aromatic N) is 2. The van der Waals surface area contributed by atoms with Crippen molar-refractivity contribution in [1.29, 1.82) is 0 Å². The highest BCUT2D eigenvalue weighted by Crippen LogP contribution is 1.91. The van der Waals surface area contributed by atoms with Gasteiger partial charge in [0.05, 0.1) is 14.2 Å². The molecule has 0 fully saturated rings. The third-order valence-electron chi connectivity index (χ3n) is 1.74. The van der Waals surface area contributed by atoms with Crippen molar-refractivity contribution < 1.29 is 31.3 Å². The molecule has 0 aromatic heterocycles. The molecule has 0 rings (SSSR count). The zero-order valence-corrected chi connectivity index (χ0v) is 12.3. The van der Waals surface area contributed by atoms with Crippen LogP contribution in [-0.2, 0) is 24.1 Å². The molecule has 0 aromatic rings. The summed E-state index contributed by atoms with van der Waals surface area (Å²) in [5, 5.41) is 0. The molecule has 0 spiro atoms. The zero-order valence-electron chi connectivity index (χ0n) is 11.5. The van der Waals surface area contributed by atoms with E-state index in [1.807, 2.05) is 14.1 Å². The monoisotopic (exact) mass is 284 g/mol. The van der Waals surface area contributed by atoms with Crippen molar-refractivity contribution in [2.75, 3.05) is 42.4 Å². The van der Waals surface area contributed by atoms with Gasteiger partial charge in [0.15, 0.2) is 0 Å². The average Bonchev–Trinajstić information content (AvgIpc) is 2.24. The Morgan fingerprint density at radius 1 is 1.28 bits per heavy atom. The van der Waals surface area contributed by atoms with Crippen molar-refractivity contribution in [3.05, 3.63) is 0 Å². The molecule has 0 saturated carbocycles. The molecular formula is C9H20N2O6S. The standard InChI is InChI=1S/C8H17N2O2.CH4O4S/c1-9(2)7(11)6-8(12-5)10(3)4;1-5-6(2,3)4/h6H2,1-5H3;1H3,(H,2,3,4)/q+1;/p-1. The molecule has 0 bridgehead atoms. The average molecular weight is 284 g/mol. The molecule has 18 heavy (non-hydrogen) atoms. The first-order chi connectivity index (χ1) is 8.05. The molecule has 0 aliphatic rings. The molecule has 8 nitrogen and oxygen atoms in total. The summed E-state index contributed by atoms with van der Waals surface area (Å²) < 4.78 is 37.8. The van der Waals surface area contributed by atoms with Gasteiger partial charge in [-0.15, -0.1) is 0 Å². The summed E-state index contributed by atoms with van der Waals surface area (Å²) in [6.07, 6.45) is 0.316. The van der Waals surface area contributed by atoms with Gasteiger partial charge >= 0.3 is 5.90 Å². The molecule has 0 aliphatic heterocycles. The lowest BCUT2D eigenvalue weighted by Gasteiger charge is -2.09. The van der Waals surface area contributed by atoms with Gasteiger partial charge in [0.1, 0.15) is 20.5 Å². The third-order valence-corrected chi connectivity index (χ3v) is 2.15. The van der Waals surface area contributed by atoms with Crippen LogP contribution in [0.5, 0.6) is 0 Å². The van der Waals surface area contributed by atoms with Gasteiger partial charge in [-0.3, -0.25) is 8.98 Å². The number of methoxy groups -OCH3 is 1. The smallest absolute Gasteiger partial charge is 0.345 e. The van der Waals surface area contributed by atoms with Crippen molar-refractivity contribution in [1.82, 2.24) is 4.90 Å². The van der Waals surface area contributed by atoms with Gasteiger partial charge in [-0.25, -0.2) is 13.0 Å². The lowest BCUT2D eigenvalue weighted by Crippen LogP contribution is -2.28. The summed E-state index contributed by atoms with van der Waals surface area (Å²) in [6, 6.07) is 0. The second-order valence-corrected chi connectivity index (χ2v) is 4.68. The van der Waals surface area contributed by atoms with E-state index in [4.69, 9.17) is 4.74 Å².